The Hall–Kier alpha value is -1.58. The van der Waals surface area contributed by atoms with Gasteiger partial charge in [0.25, 0.3) is 0 Å². The van der Waals surface area contributed by atoms with Crippen LogP contribution in [0.2, 0.25) is 0 Å². The molecule has 9 nitrogen and oxygen atoms in total. The maximum Gasteiger partial charge on any atom is 0.343 e. The maximum absolute atomic E-state index is 13.1. The average molecular weight is 386 g/mol. The molecule has 2 fully saturated rings. The van der Waals surface area contributed by atoms with E-state index in [1.165, 1.54) is 0 Å². The van der Waals surface area contributed by atoms with E-state index < -0.39 is 17.7 Å². The molecule has 156 valence electrons. The molecule has 2 aliphatic rings. The van der Waals surface area contributed by atoms with Crippen molar-refractivity contribution in [2.24, 2.45) is 0 Å². The lowest BCUT2D eigenvalue weighted by Gasteiger charge is -2.40. The number of nitrogens with one attached hydrogen (secondary N) is 1. The van der Waals surface area contributed by atoms with E-state index in [1.54, 1.807) is 9.80 Å². The zero-order valence-corrected chi connectivity index (χ0v) is 17.4. The van der Waals surface area contributed by atoms with Gasteiger partial charge in [0.1, 0.15) is 0 Å². The summed E-state index contributed by atoms with van der Waals surface area (Å²) in [5, 5.41) is 14.0. The molecule has 0 bridgehead atoms. The van der Waals surface area contributed by atoms with Crippen LogP contribution in [0, 0.1) is 0 Å². The molecule has 1 atom stereocenters. The Morgan fingerprint density at radius 2 is 1.85 bits per heavy atom. The third-order valence-electron chi connectivity index (χ3n) is 5.19. The quantitative estimate of drug-likeness (QED) is 0.533. The van der Waals surface area contributed by atoms with E-state index >= 15 is 0 Å². The first-order valence-corrected chi connectivity index (χ1v) is 9.76. The van der Waals surface area contributed by atoms with Crippen LogP contribution in [-0.4, -0.2) is 100 Å². The van der Waals surface area contributed by atoms with Gasteiger partial charge in [-0.2, -0.15) is 5.06 Å². The fraction of sp³-hybridized carbons (Fsp3) is 0.889. The normalized spacial score (nSPS) is 23.4. The van der Waals surface area contributed by atoms with E-state index in [2.05, 4.69) is 10.2 Å². The van der Waals surface area contributed by atoms with Gasteiger partial charge in [-0.15, -0.1) is 0 Å². The number of amides is 4. The summed E-state index contributed by atoms with van der Waals surface area (Å²) in [6, 6.07) is -1.03. The first-order chi connectivity index (χ1) is 12.6. The monoisotopic (exact) mass is 385 g/mol. The lowest BCUT2D eigenvalue weighted by Crippen LogP contribution is -2.60. The summed E-state index contributed by atoms with van der Waals surface area (Å²) < 4.78 is 5.37. The SMILES string of the molecule is CC(C)NC(=O)N(O)C1N(C(C)C)C(=O)N(CCN2CCOCC2)C1(C)C. The number of hydrogen-bond acceptors (Lipinski definition) is 5. The Morgan fingerprint density at radius 3 is 2.37 bits per heavy atom. The van der Waals surface area contributed by atoms with Crippen LogP contribution in [0.1, 0.15) is 41.5 Å². The highest BCUT2D eigenvalue weighted by atomic mass is 16.5. The first kappa shape index (κ1) is 21.7. The molecular formula is C18H35N5O4. The largest absolute Gasteiger partial charge is 0.379 e. The van der Waals surface area contributed by atoms with Crippen LogP contribution >= 0.6 is 0 Å². The lowest BCUT2D eigenvalue weighted by molar-refractivity contribution is -0.138. The van der Waals surface area contributed by atoms with Crippen molar-refractivity contribution in [3.8, 4) is 0 Å². The Kier molecular flexibility index (Phi) is 6.93. The van der Waals surface area contributed by atoms with Crippen molar-refractivity contribution < 1.29 is 19.5 Å². The van der Waals surface area contributed by atoms with Gasteiger partial charge in [0.2, 0.25) is 0 Å². The number of hydrogen-bond donors (Lipinski definition) is 2. The highest BCUT2D eigenvalue weighted by Gasteiger charge is 2.56. The van der Waals surface area contributed by atoms with Gasteiger partial charge in [-0.25, -0.2) is 9.59 Å². The third kappa shape index (κ3) is 4.64. The first-order valence-electron chi connectivity index (χ1n) is 9.76. The molecule has 0 aromatic rings. The molecule has 2 N–H and O–H groups in total. The standard InChI is InChI=1S/C18H35N5O4/c1-13(2)19-16(24)23(26)15-18(5,6)21(17(25)22(15)14(3)4)8-7-20-9-11-27-12-10-20/h13-15,26H,7-12H2,1-6H3,(H,19,24). The summed E-state index contributed by atoms with van der Waals surface area (Å²) in [5.41, 5.74) is -0.739. The summed E-state index contributed by atoms with van der Waals surface area (Å²) in [6.07, 6.45) is -0.770. The van der Waals surface area contributed by atoms with E-state index in [9.17, 15) is 14.8 Å². The second-order valence-electron chi connectivity index (χ2n) is 8.37. The van der Waals surface area contributed by atoms with Crippen molar-refractivity contribution in [1.29, 1.82) is 0 Å². The number of nitrogens with zero attached hydrogens (tertiary/aromatic N) is 4. The number of ether oxygens (including phenoxy) is 1. The molecule has 2 heterocycles. The van der Waals surface area contributed by atoms with E-state index in [4.69, 9.17) is 4.74 Å². The minimum Gasteiger partial charge on any atom is -0.379 e. The van der Waals surface area contributed by atoms with Gasteiger partial charge in [-0.3, -0.25) is 15.0 Å². The Balaban J connectivity index is 2.18. The zero-order valence-electron chi connectivity index (χ0n) is 17.4. The van der Waals surface area contributed by atoms with Gasteiger partial charge in [-0.1, -0.05) is 0 Å². The number of hydroxylamine groups is 2. The second-order valence-corrected chi connectivity index (χ2v) is 8.37. The highest BCUT2D eigenvalue weighted by molar-refractivity contribution is 5.81. The number of carbonyl (C=O) groups excluding carboxylic acids is 2. The van der Waals surface area contributed by atoms with Crippen LogP contribution in [0.5, 0.6) is 0 Å². The fourth-order valence-electron chi connectivity index (χ4n) is 3.76. The molecule has 2 aliphatic heterocycles. The minimum atomic E-state index is -0.770. The molecule has 9 heteroatoms. The summed E-state index contributed by atoms with van der Waals surface area (Å²) in [5.74, 6) is 0. The van der Waals surface area contributed by atoms with Crippen LogP contribution in [0.25, 0.3) is 0 Å². The summed E-state index contributed by atoms with van der Waals surface area (Å²) in [6.45, 7) is 15.6. The Bertz CT molecular complexity index is 534. The molecule has 2 saturated heterocycles. The molecule has 0 aliphatic carbocycles. The van der Waals surface area contributed by atoms with Gasteiger partial charge in [-0.05, 0) is 41.5 Å². The zero-order chi connectivity index (χ0) is 20.4. The van der Waals surface area contributed by atoms with Crippen molar-refractivity contribution in [2.45, 2.75) is 65.3 Å². The smallest absolute Gasteiger partial charge is 0.343 e. The van der Waals surface area contributed by atoms with Crippen molar-refractivity contribution in [2.75, 3.05) is 39.4 Å². The van der Waals surface area contributed by atoms with Crippen LogP contribution in [0.3, 0.4) is 0 Å². The Labute approximate surface area is 162 Å². The second kappa shape index (κ2) is 8.62. The molecule has 0 saturated carbocycles. The van der Waals surface area contributed by atoms with E-state index in [1.807, 2.05) is 41.5 Å². The molecule has 27 heavy (non-hydrogen) atoms. The molecule has 0 aromatic carbocycles. The predicted molar refractivity (Wildman–Crippen MR) is 101 cm³/mol. The van der Waals surface area contributed by atoms with Gasteiger partial charge in [0.15, 0.2) is 6.17 Å². The van der Waals surface area contributed by atoms with Crippen molar-refractivity contribution >= 4 is 12.1 Å². The number of morpholine rings is 1. The Morgan fingerprint density at radius 1 is 1.26 bits per heavy atom. The molecule has 4 amide bonds. The molecule has 0 aromatic heterocycles. The average Bonchev–Trinajstić information content (AvgIpc) is 2.78. The fourth-order valence-corrected chi connectivity index (χ4v) is 3.76. The van der Waals surface area contributed by atoms with Gasteiger partial charge in [0.05, 0.1) is 18.8 Å². The topological polar surface area (TPSA) is 88.6 Å². The minimum absolute atomic E-state index is 0.114. The van der Waals surface area contributed by atoms with Gasteiger partial charge >= 0.3 is 12.1 Å². The predicted octanol–water partition coefficient (Wildman–Crippen LogP) is 1.38. The summed E-state index contributed by atoms with van der Waals surface area (Å²) in [4.78, 5) is 31.1. The van der Waals surface area contributed by atoms with E-state index in [0.717, 1.165) is 19.6 Å². The van der Waals surface area contributed by atoms with Gasteiger partial charge < -0.3 is 15.0 Å². The molecule has 1 unspecified atom stereocenters. The van der Waals surface area contributed by atoms with Crippen LogP contribution in [-0.2, 0) is 4.74 Å². The molecule has 2 rings (SSSR count). The number of carbonyl (C=O) groups is 2. The number of rotatable bonds is 6. The molecular weight excluding hydrogens is 350 g/mol. The van der Waals surface area contributed by atoms with Crippen molar-refractivity contribution in [3.63, 3.8) is 0 Å². The van der Waals surface area contributed by atoms with Crippen LogP contribution < -0.4 is 5.32 Å². The van der Waals surface area contributed by atoms with E-state index in [-0.39, 0.29) is 18.1 Å². The summed E-state index contributed by atoms with van der Waals surface area (Å²) >= 11 is 0. The molecule has 0 spiro atoms. The summed E-state index contributed by atoms with van der Waals surface area (Å²) in [7, 11) is 0. The van der Waals surface area contributed by atoms with E-state index in [0.29, 0.717) is 24.8 Å². The number of urea groups is 2. The van der Waals surface area contributed by atoms with Gasteiger partial charge in [0, 0.05) is 38.3 Å². The lowest BCUT2D eigenvalue weighted by atomic mass is 9.99. The van der Waals surface area contributed by atoms with Crippen LogP contribution in [0.4, 0.5) is 9.59 Å². The third-order valence-corrected chi connectivity index (χ3v) is 5.19. The van der Waals surface area contributed by atoms with Crippen molar-refractivity contribution in [1.82, 2.24) is 25.1 Å². The van der Waals surface area contributed by atoms with Crippen LogP contribution in [0.15, 0.2) is 0 Å². The van der Waals surface area contributed by atoms with Crippen molar-refractivity contribution in [3.05, 3.63) is 0 Å². The highest BCUT2D eigenvalue weighted by Crippen LogP contribution is 2.35. The molecule has 0 radical (unpaired) electrons. The maximum atomic E-state index is 13.1.